The van der Waals surface area contributed by atoms with E-state index in [0.29, 0.717) is 20.6 Å². The number of hydrogen-bond donors (Lipinski definition) is 2. The van der Waals surface area contributed by atoms with Gasteiger partial charge < -0.3 is 10.4 Å². The SMILES string of the molecule is Cc1cccc(C(=O)Nc2sc(C)c(C)c2C(=O)O)c1Br. The molecule has 0 fully saturated rings. The van der Waals surface area contributed by atoms with Crippen LogP contribution in [0.1, 0.15) is 36.7 Å². The van der Waals surface area contributed by atoms with Gasteiger partial charge in [0.2, 0.25) is 0 Å². The van der Waals surface area contributed by atoms with Crippen LogP contribution in [0.25, 0.3) is 0 Å². The molecule has 1 heterocycles. The first kappa shape index (κ1) is 15.7. The lowest BCUT2D eigenvalue weighted by atomic mass is 10.1. The van der Waals surface area contributed by atoms with Gasteiger partial charge in [0.15, 0.2) is 0 Å². The fourth-order valence-electron chi connectivity index (χ4n) is 1.97. The van der Waals surface area contributed by atoms with Crippen LogP contribution in [0, 0.1) is 20.8 Å². The van der Waals surface area contributed by atoms with Gasteiger partial charge in [0.05, 0.1) is 11.1 Å². The minimum Gasteiger partial charge on any atom is -0.478 e. The van der Waals surface area contributed by atoms with Gasteiger partial charge in [0.25, 0.3) is 5.91 Å². The lowest BCUT2D eigenvalue weighted by Crippen LogP contribution is -2.14. The minimum atomic E-state index is -1.03. The lowest BCUT2D eigenvalue weighted by Gasteiger charge is -2.08. The molecular weight excluding hydrogens is 354 g/mol. The number of carbonyl (C=O) groups excluding carboxylic acids is 1. The van der Waals surface area contributed by atoms with E-state index in [1.807, 2.05) is 19.9 Å². The van der Waals surface area contributed by atoms with Crippen LogP contribution >= 0.6 is 27.3 Å². The van der Waals surface area contributed by atoms with Crippen LogP contribution in [0.3, 0.4) is 0 Å². The van der Waals surface area contributed by atoms with Crippen LogP contribution in [-0.2, 0) is 0 Å². The summed E-state index contributed by atoms with van der Waals surface area (Å²) in [6.45, 7) is 5.47. The van der Waals surface area contributed by atoms with E-state index in [0.717, 1.165) is 10.4 Å². The zero-order valence-corrected chi connectivity index (χ0v) is 14.2. The van der Waals surface area contributed by atoms with Gasteiger partial charge in [0, 0.05) is 9.35 Å². The highest BCUT2D eigenvalue weighted by Gasteiger charge is 2.21. The number of anilines is 1. The molecule has 1 aromatic heterocycles. The molecule has 6 heteroatoms. The van der Waals surface area contributed by atoms with Gasteiger partial charge in [-0.1, -0.05) is 12.1 Å². The highest BCUT2D eigenvalue weighted by atomic mass is 79.9. The van der Waals surface area contributed by atoms with Crippen LogP contribution in [-0.4, -0.2) is 17.0 Å². The third kappa shape index (κ3) is 3.01. The molecule has 0 atom stereocenters. The van der Waals surface area contributed by atoms with Crippen molar-refractivity contribution in [1.82, 2.24) is 0 Å². The third-order valence-electron chi connectivity index (χ3n) is 3.26. The maximum absolute atomic E-state index is 12.4. The van der Waals surface area contributed by atoms with Crippen LogP contribution in [0.4, 0.5) is 5.00 Å². The highest BCUT2D eigenvalue weighted by molar-refractivity contribution is 9.10. The first-order valence-corrected chi connectivity index (χ1v) is 7.83. The number of thiophene rings is 1. The van der Waals surface area contributed by atoms with E-state index in [1.54, 1.807) is 19.1 Å². The van der Waals surface area contributed by atoms with Gasteiger partial charge in [-0.3, -0.25) is 4.79 Å². The summed E-state index contributed by atoms with van der Waals surface area (Å²) in [5.41, 5.74) is 2.27. The Balaban J connectivity index is 2.39. The fraction of sp³-hybridized carbons (Fsp3) is 0.200. The molecule has 1 amide bonds. The number of hydrogen-bond acceptors (Lipinski definition) is 3. The van der Waals surface area contributed by atoms with Gasteiger partial charge in [-0.05, 0) is 53.9 Å². The van der Waals surface area contributed by atoms with E-state index in [-0.39, 0.29) is 11.5 Å². The fourth-order valence-corrected chi connectivity index (χ4v) is 3.46. The number of amides is 1. The Hall–Kier alpha value is -1.66. The summed E-state index contributed by atoms with van der Waals surface area (Å²) in [7, 11) is 0. The van der Waals surface area contributed by atoms with Crippen molar-refractivity contribution < 1.29 is 14.7 Å². The number of benzene rings is 1. The first-order chi connectivity index (χ1) is 9.82. The Bertz CT molecular complexity index is 737. The van der Waals surface area contributed by atoms with E-state index in [2.05, 4.69) is 21.2 Å². The minimum absolute atomic E-state index is 0.162. The molecule has 110 valence electrons. The predicted octanol–water partition coefficient (Wildman–Crippen LogP) is 4.39. The summed E-state index contributed by atoms with van der Waals surface area (Å²) in [4.78, 5) is 24.6. The van der Waals surface area contributed by atoms with Crippen molar-refractivity contribution in [2.24, 2.45) is 0 Å². The summed E-state index contributed by atoms with van der Waals surface area (Å²) < 4.78 is 0.712. The van der Waals surface area contributed by atoms with Crippen LogP contribution in [0.2, 0.25) is 0 Å². The average molecular weight is 368 g/mol. The summed E-state index contributed by atoms with van der Waals surface area (Å²) in [5.74, 6) is -1.36. The van der Waals surface area contributed by atoms with Crippen molar-refractivity contribution >= 4 is 44.1 Å². The number of carboxylic acid groups (broad SMARTS) is 1. The van der Waals surface area contributed by atoms with E-state index in [1.165, 1.54) is 11.3 Å². The van der Waals surface area contributed by atoms with Gasteiger partial charge >= 0.3 is 5.97 Å². The summed E-state index contributed by atoms with van der Waals surface area (Å²) in [6, 6.07) is 5.38. The number of carbonyl (C=O) groups is 2. The Morgan fingerprint density at radius 1 is 1.24 bits per heavy atom. The monoisotopic (exact) mass is 367 g/mol. The van der Waals surface area contributed by atoms with Crippen molar-refractivity contribution in [3.05, 3.63) is 49.8 Å². The Kier molecular flexibility index (Phi) is 4.49. The van der Waals surface area contributed by atoms with Crippen molar-refractivity contribution in [3.8, 4) is 0 Å². The first-order valence-electron chi connectivity index (χ1n) is 6.22. The van der Waals surface area contributed by atoms with Gasteiger partial charge in [0.1, 0.15) is 5.00 Å². The largest absolute Gasteiger partial charge is 0.478 e. The number of carboxylic acids is 1. The molecule has 2 rings (SSSR count). The van der Waals surface area contributed by atoms with E-state index in [4.69, 9.17) is 0 Å². The molecule has 0 saturated carbocycles. The predicted molar refractivity (Wildman–Crippen MR) is 87.6 cm³/mol. The number of aromatic carboxylic acids is 1. The zero-order valence-electron chi connectivity index (χ0n) is 11.8. The summed E-state index contributed by atoms with van der Waals surface area (Å²) >= 11 is 4.66. The Morgan fingerprint density at radius 2 is 1.90 bits per heavy atom. The van der Waals surface area contributed by atoms with Crippen LogP contribution in [0.15, 0.2) is 22.7 Å². The van der Waals surface area contributed by atoms with Gasteiger partial charge in [-0.2, -0.15) is 0 Å². The molecule has 2 N–H and O–H groups in total. The van der Waals surface area contributed by atoms with E-state index < -0.39 is 5.97 Å². The molecule has 21 heavy (non-hydrogen) atoms. The number of rotatable bonds is 3. The van der Waals surface area contributed by atoms with Crippen molar-refractivity contribution in [2.45, 2.75) is 20.8 Å². The normalized spacial score (nSPS) is 10.5. The van der Waals surface area contributed by atoms with Crippen molar-refractivity contribution in [2.75, 3.05) is 5.32 Å². The molecule has 4 nitrogen and oxygen atoms in total. The summed E-state index contributed by atoms with van der Waals surface area (Å²) in [6.07, 6.45) is 0. The molecule has 0 saturated heterocycles. The molecule has 2 aromatic rings. The maximum Gasteiger partial charge on any atom is 0.338 e. The molecule has 0 aliphatic carbocycles. The molecule has 0 radical (unpaired) electrons. The van der Waals surface area contributed by atoms with Gasteiger partial charge in [-0.15, -0.1) is 11.3 Å². The van der Waals surface area contributed by atoms with E-state index in [9.17, 15) is 14.7 Å². The molecule has 1 aromatic carbocycles. The van der Waals surface area contributed by atoms with Crippen molar-refractivity contribution in [1.29, 1.82) is 0 Å². The molecular formula is C15H14BrNO3S. The van der Waals surface area contributed by atoms with Crippen LogP contribution < -0.4 is 5.32 Å². The topological polar surface area (TPSA) is 66.4 Å². The quantitative estimate of drug-likeness (QED) is 0.845. The Labute approximate surface area is 134 Å². The lowest BCUT2D eigenvalue weighted by molar-refractivity contribution is 0.0697. The number of nitrogens with one attached hydrogen (secondary N) is 1. The number of aryl methyl sites for hydroxylation is 2. The third-order valence-corrected chi connectivity index (χ3v) is 5.44. The smallest absolute Gasteiger partial charge is 0.338 e. The molecule has 0 spiro atoms. The second-order valence-corrected chi connectivity index (χ2v) is 6.70. The average Bonchev–Trinajstić information content (AvgIpc) is 2.67. The van der Waals surface area contributed by atoms with Crippen LogP contribution in [0.5, 0.6) is 0 Å². The van der Waals surface area contributed by atoms with E-state index >= 15 is 0 Å². The zero-order chi connectivity index (χ0) is 15.7. The maximum atomic E-state index is 12.4. The van der Waals surface area contributed by atoms with Crippen molar-refractivity contribution in [3.63, 3.8) is 0 Å². The highest BCUT2D eigenvalue weighted by Crippen LogP contribution is 2.33. The second-order valence-electron chi connectivity index (χ2n) is 4.68. The molecule has 0 unspecified atom stereocenters. The number of halogens is 1. The standard InChI is InChI=1S/C15H14BrNO3S/c1-7-5-4-6-10(12(7)16)13(18)17-14-11(15(19)20)8(2)9(3)21-14/h4-6H,1-3H3,(H,17,18)(H,19,20). The molecule has 0 aliphatic rings. The molecule has 0 aliphatic heterocycles. The molecule has 0 bridgehead atoms. The van der Waals surface area contributed by atoms with Gasteiger partial charge in [-0.25, -0.2) is 4.79 Å². The Morgan fingerprint density at radius 3 is 2.52 bits per heavy atom. The summed E-state index contributed by atoms with van der Waals surface area (Å²) in [5, 5.41) is 12.4. The second kappa shape index (κ2) is 5.99.